The number of H-pyrrole nitrogens is 1. The maximum atomic E-state index is 13.1. The standard InChI is InChI=1S/C33H34N4O6S/c1-21(2)43-33(38)25-10-12-26(13-11-25)37-44(39,40)27-14-15-28-29(18-27)36-32(35-28)24-8-5-22(6-9-24)19-34-20-23-7-16-30(41-3)31(17-23)42-4/h5-18,21,34,37H,19-20H2,1-4H3,(H,35,36). The number of carbonyl (C=O) groups excluding carboxylic acids is 1. The molecule has 4 aromatic carbocycles. The zero-order valence-corrected chi connectivity index (χ0v) is 25.7. The van der Waals surface area contributed by atoms with Gasteiger partial charge in [-0.2, -0.15) is 0 Å². The molecule has 0 aliphatic rings. The molecule has 0 bridgehead atoms. The molecule has 3 N–H and O–H groups in total. The number of carbonyl (C=O) groups is 1. The van der Waals surface area contributed by atoms with E-state index < -0.39 is 16.0 Å². The fraction of sp³-hybridized carbons (Fsp3) is 0.212. The number of hydrogen-bond donors (Lipinski definition) is 3. The minimum Gasteiger partial charge on any atom is -0.493 e. The first-order chi connectivity index (χ1) is 21.1. The van der Waals surface area contributed by atoms with Gasteiger partial charge in [-0.25, -0.2) is 18.2 Å². The van der Waals surface area contributed by atoms with Crippen molar-refractivity contribution in [3.05, 3.63) is 102 Å². The molecular weight excluding hydrogens is 580 g/mol. The van der Waals surface area contributed by atoms with Crippen LogP contribution in [0.2, 0.25) is 0 Å². The summed E-state index contributed by atoms with van der Waals surface area (Å²) in [7, 11) is -0.655. The van der Waals surface area contributed by atoms with Gasteiger partial charge in [-0.3, -0.25) is 4.72 Å². The van der Waals surface area contributed by atoms with Crippen LogP contribution in [0.4, 0.5) is 5.69 Å². The predicted molar refractivity (Wildman–Crippen MR) is 169 cm³/mol. The first-order valence-corrected chi connectivity index (χ1v) is 15.5. The summed E-state index contributed by atoms with van der Waals surface area (Å²) in [5, 5.41) is 3.44. The Balaban J connectivity index is 1.22. The van der Waals surface area contributed by atoms with E-state index in [2.05, 4.69) is 20.0 Å². The number of ether oxygens (including phenoxy) is 3. The van der Waals surface area contributed by atoms with Crippen LogP contribution in [0.15, 0.2) is 89.8 Å². The average Bonchev–Trinajstić information content (AvgIpc) is 3.45. The highest BCUT2D eigenvalue weighted by Gasteiger charge is 2.17. The summed E-state index contributed by atoms with van der Waals surface area (Å²) >= 11 is 0. The summed E-state index contributed by atoms with van der Waals surface area (Å²) in [6, 6.07) is 24.7. The van der Waals surface area contributed by atoms with Crippen LogP contribution in [0, 0.1) is 0 Å². The van der Waals surface area contributed by atoms with Crippen molar-refractivity contribution >= 4 is 32.7 Å². The second-order valence-corrected chi connectivity index (χ2v) is 12.1. The second-order valence-electron chi connectivity index (χ2n) is 10.4. The molecule has 44 heavy (non-hydrogen) atoms. The Hall–Kier alpha value is -4.87. The predicted octanol–water partition coefficient (Wildman–Crippen LogP) is 5.90. The SMILES string of the molecule is COc1ccc(CNCc2ccc(-c3nc4ccc(S(=O)(=O)Nc5ccc(C(=O)OC(C)C)cc5)cc4[nH]3)cc2)cc1OC. The first kappa shape index (κ1) is 30.6. The van der Waals surface area contributed by atoms with Crippen LogP contribution in [0.25, 0.3) is 22.4 Å². The summed E-state index contributed by atoms with van der Waals surface area (Å²) in [5.41, 5.74) is 4.97. The summed E-state index contributed by atoms with van der Waals surface area (Å²) in [6.45, 7) is 4.87. The molecule has 5 rings (SSSR count). The van der Waals surface area contributed by atoms with Gasteiger partial charge in [-0.05, 0) is 79.6 Å². The fourth-order valence-electron chi connectivity index (χ4n) is 4.59. The summed E-state index contributed by atoms with van der Waals surface area (Å²) in [4.78, 5) is 20.0. The highest BCUT2D eigenvalue weighted by Crippen LogP contribution is 2.28. The molecular formula is C33H34N4O6S. The number of imidazole rings is 1. The van der Waals surface area contributed by atoms with Crippen molar-refractivity contribution < 1.29 is 27.4 Å². The molecule has 1 heterocycles. The van der Waals surface area contributed by atoms with Crippen molar-refractivity contribution in [2.75, 3.05) is 18.9 Å². The maximum absolute atomic E-state index is 13.1. The quantitative estimate of drug-likeness (QED) is 0.148. The van der Waals surface area contributed by atoms with Crippen molar-refractivity contribution in [3.8, 4) is 22.9 Å². The number of hydrogen-bond acceptors (Lipinski definition) is 8. The smallest absolute Gasteiger partial charge is 0.338 e. The van der Waals surface area contributed by atoms with Crippen LogP contribution in [0.1, 0.15) is 35.3 Å². The van der Waals surface area contributed by atoms with Crippen LogP contribution >= 0.6 is 0 Å². The van der Waals surface area contributed by atoms with Crippen molar-refractivity contribution in [3.63, 3.8) is 0 Å². The number of esters is 1. The molecule has 0 aliphatic heterocycles. The van der Waals surface area contributed by atoms with Gasteiger partial charge in [0.15, 0.2) is 11.5 Å². The Kier molecular flexibility index (Phi) is 9.17. The van der Waals surface area contributed by atoms with Crippen molar-refractivity contribution in [2.24, 2.45) is 0 Å². The zero-order valence-electron chi connectivity index (χ0n) is 24.9. The number of aromatic nitrogens is 2. The second kappa shape index (κ2) is 13.2. The average molecular weight is 615 g/mol. The summed E-state index contributed by atoms with van der Waals surface area (Å²) in [6.07, 6.45) is -0.248. The molecule has 5 aromatic rings. The Morgan fingerprint density at radius 3 is 2.20 bits per heavy atom. The molecule has 0 atom stereocenters. The lowest BCUT2D eigenvalue weighted by molar-refractivity contribution is 0.0378. The normalized spacial score (nSPS) is 11.5. The van der Waals surface area contributed by atoms with E-state index in [1.165, 1.54) is 30.3 Å². The Bertz CT molecular complexity index is 1870. The van der Waals surface area contributed by atoms with Crippen LogP contribution in [0.3, 0.4) is 0 Å². The highest BCUT2D eigenvalue weighted by molar-refractivity contribution is 7.92. The topological polar surface area (TPSA) is 132 Å². The first-order valence-electron chi connectivity index (χ1n) is 14.0. The minimum atomic E-state index is -3.89. The van der Waals surface area contributed by atoms with Gasteiger partial charge in [0.05, 0.1) is 41.8 Å². The lowest BCUT2D eigenvalue weighted by Gasteiger charge is -2.10. The van der Waals surface area contributed by atoms with E-state index in [9.17, 15) is 13.2 Å². The van der Waals surface area contributed by atoms with Crippen molar-refractivity contribution in [1.82, 2.24) is 15.3 Å². The van der Waals surface area contributed by atoms with Gasteiger partial charge >= 0.3 is 5.97 Å². The third kappa shape index (κ3) is 7.19. The van der Waals surface area contributed by atoms with Crippen molar-refractivity contribution in [1.29, 1.82) is 0 Å². The molecule has 0 amide bonds. The van der Waals surface area contributed by atoms with Gasteiger partial charge in [0.1, 0.15) is 5.82 Å². The fourth-order valence-corrected chi connectivity index (χ4v) is 5.67. The molecule has 10 nitrogen and oxygen atoms in total. The lowest BCUT2D eigenvalue weighted by Crippen LogP contribution is -2.14. The van der Waals surface area contributed by atoms with Crippen molar-refractivity contribution in [2.45, 2.75) is 37.9 Å². The molecule has 0 spiro atoms. The van der Waals surface area contributed by atoms with Crippen LogP contribution in [-0.4, -0.2) is 44.7 Å². The number of nitrogens with one attached hydrogen (secondary N) is 3. The van der Waals surface area contributed by atoms with Crippen LogP contribution < -0.4 is 19.5 Å². The number of anilines is 1. The number of rotatable bonds is 12. The van der Waals surface area contributed by atoms with E-state index in [1.807, 2.05) is 42.5 Å². The Morgan fingerprint density at radius 1 is 0.841 bits per heavy atom. The van der Waals surface area contributed by atoms with E-state index in [0.717, 1.165) is 16.7 Å². The molecule has 0 saturated heterocycles. The Labute approximate surface area is 256 Å². The van der Waals surface area contributed by atoms with E-state index in [4.69, 9.17) is 14.2 Å². The summed E-state index contributed by atoms with van der Waals surface area (Å²) in [5.74, 6) is 1.56. The summed E-state index contributed by atoms with van der Waals surface area (Å²) < 4.78 is 44.6. The van der Waals surface area contributed by atoms with E-state index in [0.29, 0.717) is 52.7 Å². The van der Waals surface area contributed by atoms with Gasteiger partial charge in [0, 0.05) is 24.3 Å². The molecule has 0 radical (unpaired) electrons. The maximum Gasteiger partial charge on any atom is 0.338 e. The zero-order chi connectivity index (χ0) is 31.3. The van der Waals surface area contributed by atoms with Gasteiger partial charge in [-0.15, -0.1) is 0 Å². The molecule has 0 aliphatic carbocycles. The number of aromatic amines is 1. The van der Waals surface area contributed by atoms with E-state index >= 15 is 0 Å². The number of nitrogens with zero attached hydrogens (tertiary/aromatic N) is 1. The number of sulfonamides is 1. The molecule has 0 unspecified atom stereocenters. The molecule has 1 aromatic heterocycles. The van der Waals surface area contributed by atoms with Gasteiger partial charge in [0.2, 0.25) is 0 Å². The monoisotopic (exact) mass is 614 g/mol. The third-order valence-electron chi connectivity index (χ3n) is 6.81. The van der Waals surface area contributed by atoms with Gasteiger partial charge in [-0.1, -0.05) is 30.3 Å². The largest absolute Gasteiger partial charge is 0.493 e. The lowest BCUT2D eigenvalue weighted by atomic mass is 10.1. The molecule has 0 saturated carbocycles. The highest BCUT2D eigenvalue weighted by atomic mass is 32.2. The molecule has 11 heteroatoms. The van der Waals surface area contributed by atoms with E-state index in [1.54, 1.807) is 40.2 Å². The minimum absolute atomic E-state index is 0.0828. The third-order valence-corrected chi connectivity index (χ3v) is 8.19. The van der Waals surface area contributed by atoms with Gasteiger partial charge < -0.3 is 24.5 Å². The number of fused-ring (bicyclic) bond motifs is 1. The van der Waals surface area contributed by atoms with Crippen LogP contribution in [0.5, 0.6) is 11.5 Å². The van der Waals surface area contributed by atoms with Crippen LogP contribution in [-0.2, 0) is 27.8 Å². The van der Waals surface area contributed by atoms with Gasteiger partial charge in [0.25, 0.3) is 10.0 Å². The molecule has 228 valence electrons. The number of benzene rings is 4. The Morgan fingerprint density at radius 2 is 1.52 bits per heavy atom. The number of methoxy groups -OCH3 is 2. The molecule has 0 fully saturated rings. The van der Waals surface area contributed by atoms with E-state index in [-0.39, 0.29) is 11.0 Å².